The summed E-state index contributed by atoms with van der Waals surface area (Å²) in [5.41, 5.74) is 0.664. The fraction of sp³-hybridized carbons (Fsp3) is 0.379. The molecule has 3 amide bonds. The van der Waals surface area contributed by atoms with E-state index in [1.807, 2.05) is 30.3 Å². The molecule has 2 heterocycles. The summed E-state index contributed by atoms with van der Waals surface area (Å²) < 4.78 is 6.02. The zero-order chi connectivity index (χ0) is 27.1. The van der Waals surface area contributed by atoms with E-state index in [4.69, 9.17) is 16.3 Å². The van der Waals surface area contributed by atoms with Crippen LogP contribution < -0.4 is 15.4 Å². The van der Waals surface area contributed by atoms with Crippen molar-refractivity contribution in [1.82, 2.24) is 20.5 Å². The zero-order valence-corrected chi connectivity index (χ0v) is 22.5. The molecule has 200 valence electrons. The number of amides is 3. The van der Waals surface area contributed by atoms with Crippen LogP contribution in [0.1, 0.15) is 54.0 Å². The molecule has 38 heavy (non-hydrogen) atoms. The van der Waals surface area contributed by atoms with Crippen LogP contribution in [0.5, 0.6) is 5.75 Å². The Bertz CT molecular complexity index is 1310. The Kier molecular flexibility index (Phi) is 9.18. The van der Waals surface area contributed by atoms with Crippen molar-refractivity contribution >= 4 is 40.1 Å². The van der Waals surface area contributed by atoms with Crippen LogP contribution in [-0.2, 0) is 4.79 Å². The first-order valence-corrected chi connectivity index (χ1v) is 13.3. The number of carbonyl (C=O) groups is 3. The number of hydrogen-bond donors (Lipinski definition) is 2. The number of pyridine rings is 1. The van der Waals surface area contributed by atoms with Gasteiger partial charge in [-0.05, 0) is 54.8 Å². The van der Waals surface area contributed by atoms with Crippen LogP contribution in [0.4, 0.5) is 0 Å². The highest BCUT2D eigenvalue weighted by atomic mass is 35.5. The average Bonchev–Trinajstić information content (AvgIpc) is 2.90. The van der Waals surface area contributed by atoms with Crippen molar-refractivity contribution in [2.45, 2.75) is 39.2 Å². The third-order valence-electron chi connectivity index (χ3n) is 6.39. The van der Waals surface area contributed by atoms with Gasteiger partial charge in [0.2, 0.25) is 5.91 Å². The molecule has 0 spiro atoms. The maximum Gasteiger partial charge on any atom is 0.273 e. The molecular weight excluding hydrogens is 504 g/mol. The fourth-order valence-electron chi connectivity index (χ4n) is 4.60. The number of hydrogen-bond acceptors (Lipinski definition) is 5. The molecule has 0 radical (unpaired) electrons. The third kappa shape index (κ3) is 7.01. The van der Waals surface area contributed by atoms with Crippen LogP contribution >= 0.6 is 11.6 Å². The highest BCUT2D eigenvalue weighted by molar-refractivity contribution is 6.31. The minimum Gasteiger partial charge on any atom is -0.491 e. The Morgan fingerprint density at radius 1 is 1.16 bits per heavy atom. The molecule has 4 rings (SSSR count). The Morgan fingerprint density at radius 2 is 1.97 bits per heavy atom. The lowest BCUT2D eigenvalue weighted by Crippen LogP contribution is -2.47. The molecule has 8 nitrogen and oxygen atoms in total. The number of benzene rings is 2. The van der Waals surface area contributed by atoms with Gasteiger partial charge in [-0.15, -0.1) is 0 Å². The third-order valence-corrected chi connectivity index (χ3v) is 6.62. The van der Waals surface area contributed by atoms with Gasteiger partial charge in [-0.3, -0.25) is 19.4 Å². The molecule has 0 unspecified atom stereocenters. The van der Waals surface area contributed by atoms with E-state index < -0.39 is 0 Å². The molecule has 0 aliphatic carbocycles. The standard InChI is InChI=1S/C29H33ClN4O4/c1-19(2)15-22-18-38-25-10-9-21(30)16-24(25)28(36)32-12-5-6-14-34(17-26(35)33-22)29(37)27-23-8-4-3-7-20(23)11-13-31-27/h3-4,7-11,13,16,19,22H,5-6,12,14-15,17-18H2,1-2H3,(H,32,36)(H,33,35)/t22-/m0/s1. The van der Waals surface area contributed by atoms with Crippen molar-refractivity contribution < 1.29 is 19.1 Å². The van der Waals surface area contributed by atoms with Gasteiger partial charge < -0.3 is 20.3 Å². The SMILES string of the molecule is CC(C)C[C@H]1COc2ccc(Cl)cc2C(=O)NCCCCN(C(=O)c2nccc3ccccc23)CC(=O)N1. The van der Waals surface area contributed by atoms with Crippen LogP contribution in [0.2, 0.25) is 5.02 Å². The van der Waals surface area contributed by atoms with Gasteiger partial charge in [-0.2, -0.15) is 0 Å². The van der Waals surface area contributed by atoms with Crippen molar-refractivity contribution in [3.63, 3.8) is 0 Å². The predicted molar refractivity (Wildman–Crippen MR) is 148 cm³/mol. The molecule has 3 aromatic rings. The van der Waals surface area contributed by atoms with Crippen molar-refractivity contribution in [3.8, 4) is 5.75 Å². The summed E-state index contributed by atoms with van der Waals surface area (Å²) in [6.45, 7) is 4.94. The lowest BCUT2D eigenvalue weighted by Gasteiger charge is -2.25. The lowest BCUT2D eigenvalue weighted by molar-refractivity contribution is -0.122. The normalized spacial score (nSPS) is 17.6. The number of carbonyl (C=O) groups excluding carboxylic acids is 3. The van der Waals surface area contributed by atoms with E-state index in [2.05, 4.69) is 29.5 Å². The average molecular weight is 537 g/mol. The van der Waals surface area contributed by atoms with Crippen LogP contribution in [0.25, 0.3) is 10.8 Å². The Morgan fingerprint density at radius 3 is 2.79 bits per heavy atom. The Balaban J connectivity index is 1.59. The van der Waals surface area contributed by atoms with Crippen LogP contribution in [0.15, 0.2) is 54.7 Å². The number of ether oxygens (including phenoxy) is 1. The number of rotatable bonds is 3. The van der Waals surface area contributed by atoms with Crippen molar-refractivity contribution in [3.05, 3.63) is 71.0 Å². The first-order chi connectivity index (χ1) is 18.3. The molecule has 2 N–H and O–H groups in total. The number of fused-ring (bicyclic) bond motifs is 2. The number of nitrogens with one attached hydrogen (secondary N) is 2. The predicted octanol–water partition coefficient (Wildman–Crippen LogP) is 4.46. The van der Waals surface area contributed by atoms with Gasteiger partial charge in [0, 0.05) is 29.7 Å². The minimum atomic E-state index is -0.313. The maximum absolute atomic E-state index is 13.6. The second kappa shape index (κ2) is 12.7. The molecule has 2 aromatic carbocycles. The smallest absolute Gasteiger partial charge is 0.273 e. The molecule has 1 aromatic heterocycles. The second-order valence-corrected chi connectivity index (χ2v) is 10.4. The molecule has 1 aliphatic rings. The van der Waals surface area contributed by atoms with E-state index in [0.717, 1.165) is 10.8 Å². The van der Waals surface area contributed by atoms with Crippen molar-refractivity contribution in [2.24, 2.45) is 5.92 Å². The maximum atomic E-state index is 13.6. The van der Waals surface area contributed by atoms with Gasteiger partial charge in [0.15, 0.2) is 0 Å². The highest BCUT2D eigenvalue weighted by Gasteiger charge is 2.24. The zero-order valence-electron chi connectivity index (χ0n) is 21.7. The van der Waals surface area contributed by atoms with E-state index in [1.54, 1.807) is 24.4 Å². The summed E-state index contributed by atoms with van der Waals surface area (Å²) in [7, 11) is 0. The molecule has 0 saturated heterocycles. The van der Waals surface area contributed by atoms with Gasteiger partial charge in [0.25, 0.3) is 11.8 Å². The first kappa shape index (κ1) is 27.4. The van der Waals surface area contributed by atoms with Gasteiger partial charge in [0.1, 0.15) is 18.1 Å². The summed E-state index contributed by atoms with van der Waals surface area (Å²) in [5, 5.41) is 8.03. The largest absolute Gasteiger partial charge is 0.491 e. The van der Waals surface area contributed by atoms with Crippen molar-refractivity contribution in [2.75, 3.05) is 26.2 Å². The van der Waals surface area contributed by atoms with Gasteiger partial charge >= 0.3 is 0 Å². The van der Waals surface area contributed by atoms with Crippen LogP contribution in [0, 0.1) is 5.92 Å². The van der Waals surface area contributed by atoms with E-state index in [9.17, 15) is 14.4 Å². The fourth-order valence-corrected chi connectivity index (χ4v) is 4.77. The quantitative estimate of drug-likeness (QED) is 0.514. The molecular formula is C29H33ClN4O4. The van der Waals surface area contributed by atoms with E-state index >= 15 is 0 Å². The van der Waals surface area contributed by atoms with Gasteiger partial charge in [0.05, 0.1) is 18.2 Å². The summed E-state index contributed by atoms with van der Waals surface area (Å²) >= 11 is 6.15. The number of nitrogens with zero attached hydrogens (tertiary/aromatic N) is 2. The Hall–Kier alpha value is -3.65. The molecule has 0 saturated carbocycles. The molecule has 1 aliphatic heterocycles. The van der Waals surface area contributed by atoms with E-state index in [-0.39, 0.29) is 42.8 Å². The highest BCUT2D eigenvalue weighted by Crippen LogP contribution is 2.24. The number of halogens is 1. The molecule has 9 heteroatoms. The first-order valence-electron chi connectivity index (χ1n) is 12.9. The molecule has 0 bridgehead atoms. The van der Waals surface area contributed by atoms with Gasteiger partial charge in [-0.25, -0.2) is 0 Å². The van der Waals surface area contributed by atoms with Crippen molar-refractivity contribution in [1.29, 1.82) is 0 Å². The molecule has 1 atom stereocenters. The minimum absolute atomic E-state index is 0.100. The number of aromatic nitrogens is 1. The Labute approximate surface area is 227 Å². The lowest BCUT2D eigenvalue weighted by atomic mass is 10.0. The van der Waals surface area contributed by atoms with E-state index in [0.29, 0.717) is 54.4 Å². The summed E-state index contributed by atoms with van der Waals surface area (Å²) in [4.78, 5) is 45.6. The van der Waals surface area contributed by atoms with E-state index in [1.165, 1.54) is 4.90 Å². The second-order valence-electron chi connectivity index (χ2n) is 9.92. The van der Waals surface area contributed by atoms with Crippen LogP contribution in [-0.4, -0.2) is 59.9 Å². The summed E-state index contributed by atoms with van der Waals surface area (Å²) in [5.74, 6) is -0.160. The summed E-state index contributed by atoms with van der Waals surface area (Å²) in [6, 6.07) is 14.0. The van der Waals surface area contributed by atoms with Gasteiger partial charge in [-0.1, -0.05) is 49.7 Å². The molecule has 0 fully saturated rings. The monoisotopic (exact) mass is 536 g/mol. The van der Waals surface area contributed by atoms with Crippen LogP contribution in [0.3, 0.4) is 0 Å². The topological polar surface area (TPSA) is 101 Å². The summed E-state index contributed by atoms with van der Waals surface area (Å²) in [6.07, 6.45) is 3.49.